The van der Waals surface area contributed by atoms with Gasteiger partial charge in [0.1, 0.15) is 6.54 Å². The molecule has 98 valence electrons. The number of amides is 3. The largest absolute Gasteiger partial charge is 0.359 e. The summed E-state index contributed by atoms with van der Waals surface area (Å²) in [6.45, 7) is 2.13. The third-order valence-corrected chi connectivity index (χ3v) is 3.06. The molecule has 0 radical (unpaired) electrons. The summed E-state index contributed by atoms with van der Waals surface area (Å²) in [6.07, 6.45) is 0.518. The standard InChI is InChI=1S/C11H16N4O3/c1-11(10(18)13-2)3-6-15(7-11)9(17)8(16)14-5-4-12/h3,5-7H2,1-2H3,(H,13,18)(H,14,16). The summed E-state index contributed by atoms with van der Waals surface area (Å²) in [5.41, 5.74) is -0.653. The predicted octanol–water partition coefficient (Wildman–Crippen LogP) is -1.39. The van der Waals surface area contributed by atoms with Crippen molar-refractivity contribution in [1.82, 2.24) is 15.5 Å². The predicted molar refractivity (Wildman–Crippen MR) is 62.0 cm³/mol. The maximum Gasteiger partial charge on any atom is 0.311 e. The molecular weight excluding hydrogens is 236 g/mol. The number of carbonyl (C=O) groups is 3. The van der Waals surface area contributed by atoms with Gasteiger partial charge in [-0.05, 0) is 13.3 Å². The topological polar surface area (TPSA) is 102 Å². The van der Waals surface area contributed by atoms with Crippen LogP contribution >= 0.6 is 0 Å². The molecule has 1 unspecified atom stereocenters. The number of nitrogens with one attached hydrogen (secondary N) is 2. The molecule has 7 heteroatoms. The van der Waals surface area contributed by atoms with Crippen molar-refractivity contribution in [2.24, 2.45) is 5.41 Å². The van der Waals surface area contributed by atoms with Crippen LogP contribution in [0.5, 0.6) is 0 Å². The van der Waals surface area contributed by atoms with Crippen LogP contribution < -0.4 is 10.6 Å². The molecule has 0 aromatic rings. The molecule has 1 atom stereocenters. The summed E-state index contributed by atoms with van der Waals surface area (Å²) >= 11 is 0. The Hall–Kier alpha value is -2.10. The van der Waals surface area contributed by atoms with E-state index in [1.807, 2.05) is 0 Å². The molecule has 1 aliphatic heterocycles. The Morgan fingerprint density at radius 3 is 2.67 bits per heavy atom. The van der Waals surface area contributed by atoms with Crippen LogP contribution in [0.3, 0.4) is 0 Å². The quantitative estimate of drug-likeness (QED) is 0.466. The number of nitrogens with zero attached hydrogens (tertiary/aromatic N) is 2. The molecule has 18 heavy (non-hydrogen) atoms. The molecule has 0 aromatic heterocycles. The summed E-state index contributed by atoms with van der Waals surface area (Å²) in [6, 6.07) is 1.72. The summed E-state index contributed by atoms with van der Waals surface area (Å²) in [7, 11) is 1.54. The van der Waals surface area contributed by atoms with Gasteiger partial charge in [0, 0.05) is 20.1 Å². The molecule has 0 spiro atoms. The van der Waals surface area contributed by atoms with Crippen molar-refractivity contribution in [3.8, 4) is 6.07 Å². The second-order valence-corrected chi connectivity index (χ2v) is 4.46. The highest BCUT2D eigenvalue weighted by molar-refractivity contribution is 6.35. The minimum atomic E-state index is -0.808. The summed E-state index contributed by atoms with van der Waals surface area (Å²) < 4.78 is 0. The maximum absolute atomic E-state index is 11.7. The van der Waals surface area contributed by atoms with Gasteiger partial charge in [-0.15, -0.1) is 0 Å². The van der Waals surface area contributed by atoms with Crippen molar-refractivity contribution in [2.75, 3.05) is 26.7 Å². The maximum atomic E-state index is 11.7. The van der Waals surface area contributed by atoms with E-state index >= 15 is 0 Å². The van der Waals surface area contributed by atoms with E-state index in [9.17, 15) is 14.4 Å². The zero-order valence-corrected chi connectivity index (χ0v) is 10.4. The van der Waals surface area contributed by atoms with Gasteiger partial charge >= 0.3 is 11.8 Å². The zero-order valence-electron chi connectivity index (χ0n) is 10.4. The Labute approximate surface area is 105 Å². The third-order valence-electron chi connectivity index (χ3n) is 3.06. The van der Waals surface area contributed by atoms with Gasteiger partial charge in [-0.3, -0.25) is 14.4 Å². The zero-order chi connectivity index (χ0) is 13.8. The second kappa shape index (κ2) is 5.49. The Kier molecular flexibility index (Phi) is 4.26. The number of carbonyl (C=O) groups excluding carboxylic acids is 3. The number of hydrogen-bond acceptors (Lipinski definition) is 4. The van der Waals surface area contributed by atoms with Crippen molar-refractivity contribution in [2.45, 2.75) is 13.3 Å². The van der Waals surface area contributed by atoms with Crippen LogP contribution in [0.4, 0.5) is 0 Å². The molecular formula is C11H16N4O3. The van der Waals surface area contributed by atoms with Crippen LogP contribution in [-0.2, 0) is 14.4 Å². The van der Waals surface area contributed by atoms with Gasteiger partial charge in [-0.1, -0.05) is 0 Å². The first-order valence-corrected chi connectivity index (χ1v) is 5.61. The first-order chi connectivity index (χ1) is 8.44. The van der Waals surface area contributed by atoms with E-state index in [-0.39, 0.29) is 19.0 Å². The van der Waals surface area contributed by atoms with Gasteiger partial charge < -0.3 is 15.5 Å². The first kappa shape index (κ1) is 14.0. The Morgan fingerprint density at radius 1 is 1.44 bits per heavy atom. The lowest BCUT2D eigenvalue weighted by atomic mass is 9.89. The molecule has 0 aliphatic carbocycles. The lowest BCUT2D eigenvalue weighted by Gasteiger charge is -2.22. The normalized spacial score (nSPS) is 22.2. The molecule has 2 N–H and O–H groups in total. The summed E-state index contributed by atoms with van der Waals surface area (Å²) in [4.78, 5) is 36.1. The van der Waals surface area contributed by atoms with Gasteiger partial charge in [0.2, 0.25) is 5.91 Å². The number of nitriles is 1. The van der Waals surface area contributed by atoms with Crippen LogP contribution in [0.2, 0.25) is 0 Å². The van der Waals surface area contributed by atoms with Crippen LogP contribution in [0.25, 0.3) is 0 Å². The molecule has 0 saturated carbocycles. The van der Waals surface area contributed by atoms with Crippen LogP contribution in [0.1, 0.15) is 13.3 Å². The van der Waals surface area contributed by atoms with E-state index in [1.165, 1.54) is 11.9 Å². The number of hydrogen-bond donors (Lipinski definition) is 2. The van der Waals surface area contributed by atoms with Crippen molar-refractivity contribution in [3.05, 3.63) is 0 Å². The minimum absolute atomic E-state index is 0.143. The molecule has 1 fully saturated rings. The SMILES string of the molecule is CNC(=O)C1(C)CCN(C(=O)C(=O)NCC#N)C1. The molecule has 3 amide bonds. The number of rotatable bonds is 2. The second-order valence-electron chi connectivity index (χ2n) is 4.46. The highest BCUT2D eigenvalue weighted by Gasteiger charge is 2.42. The van der Waals surface area contributed by atoms with E-state index in [1.54, 1.807) is 13.0 Å². The molecule has 1 aliphatic rings. The fourth-order valence-corrected chi connectivity index (χ4v) is 1.96. The highest BCUT2D eigenvalue weighted by atomic mass is 16.2. The molecule has 0 bridgehead atoms. The van der Waals surface area contributed by atoms with Gasteiger partial charge in [0.25, 0.3) is 0 Å². The fourth-order valence-electron chi connectivity index (χ4n) is 1.96. The summed E-state index contributed by atoms with van der Waals surface area (Å²) in [5, 5.41) is 13.0. The van der Waals surface area contributed by atoms with E-state index in [4.69, 9.17) is 5.26 Å². The van der Waals surface area contributed by atoms with Crippen LogP contribution in [0.15, 0.2) is 0 Å². The van der Waals surface area contributed by atoms with Crippen molar-refractivity contribution >= 4 is 17.7 Å². The minimum Gasteiger partial charge on any atom is -0.359 e. The van der Waals surface area contributed by atoms with Crippen molar-refractivity contribution in [3.63, 3.8) is 0 Å². The Morgan fingerprint density at radius 2 is 2.11 bits per heavy atom. The highest BCUT2D eigenvalue weighted by Crippen LogP contribution is 2.29. The van der Waals surface area contributed by atoms with Crippen molar-refractivity contribution in [1.29, 1.82) is 5.26 Å². The summed E-state index contributed by atoms with van der Waals surface area (Å²) in [5.74, 6) is -1.65. The van der Waals surface area contributed by atoms with Crippen LogP contribution in [0, 0.1) is 16.7 Å². The first-order valence-electron chi connectivity index (χ1n) is 5.61. The van der Waals surface area contributed by atoms with E-state index in [0.717, 1.165) is 0 Å². The molecule has 1 rings (SSSR count). The molecule has 1 heterocycles. The Bertz CT molecular complexity index is 415. The van der Waals surface area contributed by atoms with E-state index < -0.39 is 17.2 Å². The monoisotopic (exact) mass is 252 g/mol. The average molecular weight is 252 g/mol. The smallest absolute Gasteiger partial charge is 0.311 e. The van der Waals surface area contributed by atoms with Gasteiger partial charge in [-0.2, -0.15) is 5.26 Å². The third kappa shape index (κ3) is 2.77. The average Bonchev–Trinajstić information content (AvgIpc) is 2.77. The number of likely N-dealkylation sites (tertiary alicyclic amines) is 1. The molecule has 1 saturated heterocycles. The molecule has 7 nitrogen and oxygen atoms in total. The van der Waals surface area contributed by atoms with E-state index in [0.29, 0.717) is 13.0 Å². The van der Waals surface area contributed by atoms with E-state index in [2.05, 4.69) is 10.6 Å². The molecule has 0 aromatic carbocycles. The lowest BCUT2D eigenvalue weighted by Crippen LogP contribution is -2.45. The van der Waals surface area contributed by atoms with Gasteiger partial charge in [0.05, 0.1) is 11.5 Å². The van der Waals surface area contributed by atoms with Gasteiger partial charge in [-0.25, -0.2) is 0 Å². The van der Waals surface area contributed by atoms with Gasteiger partial charge in [0.15, 0.2) is 0 Å². The van der Waals surface area contributed by atoms with Crippen LogP contribution in [-0.4, -0.2) is 49.3 Å². The fraction of sp³-hybridized carbons (Fsp3) is 0.636. The van der Waals surface area contributed by atoms with Crippen molar-refractivity contribution < 1.29 is 14.4 Å². The Balaban J connectivity index is 2.62. The lowest BCUT2D eigenvalue weighted by molar-refractivity contribution is -0.145.